The molecule has 0 amide bonds. The molecule has 0 aromatic heterocycles. The molecule has 0 unspecified atom stereocenters. The van der Waals surface area contributed by atoms with Gasteiger partial charge in [-0.2, -0.15) is 0 Å². The van der Waals surface area contributed by atoms with E-state index in [0.717, 1.165) is 25.3 Å². The van der Waals surface area contributed by atoms with E-state index in [2.05, 4.69) is 5.32 Å². The van der Waals surface area contributed by atoms with Crippen molar-refractivity contribution < 1.29 is 9.13 Å². The summed E-state index contributed by atoms with van der Waals surface area (Å²) in [7, 11) is 0. The molecule has 94 valence electrons. The molecular formula is C14H20FNO. The van der Waals surface area contributed by atoms with Crippen LogP contribution in [0.3, 0.4) is 0 Å². The molecule has 0 radical (unpaired) electrons. The fraction of sp³-hybridized carbons (Fsp3) is 0.571. The maximum atomic E-state index is 12.7. The lowest BCUT2D eigenvalue weighted by Crippen LogP contribution is -2.21. The van der Waals surface area contributed by atoms with E-state index in [-0.39, 0.29) is 5.82 Å². The quantitative estimate of drug-likeness (QED) is 0.768. The normalized spacial score (nSPS) is 16.5. The monoisotopic (exact) mass is 237 g/mol. The van der Waals surface area contributed by atoms with Crippen molar-refractivity contribution in [3.8, 4) is 0 Å². The van der Waals surface area contributed by atoms with Crippen LogP contribution in [0.25, 0.3) is 0 Å². The zero-order chi connectivity index (χ0) is 11.9. The lowest BCUT2D eigenvalue weighted by atomic mass is 10.2. The van der Waals surface area contributed by atoms with Crippen LogP contribution in [0, 0.1) is 5.82 Å². The SMILES string of the molecule is Fc1ccc(CNCCOC2CCCC2)cc1. The van der Waals surface area contributed by atoms with Crippen molar-refractivity contribution in [1.82, 2.24) is 5.32 Å². The van der Waals surface area contributed by atoms with Gasteiger partial charge in [0.05, 0.1) is 12.7 Å². The minimum atomic E-state index is -0.182. The molecule has 3 heteroatoms. The fourth-order valence-corrected chi connectivity index (χ4v) is 2.19. The second-order valence-corrected chi connectivity index (χ2v) is 4.58. The Morgan fingerprint density at radius 3 is 2.59 bits per heavy atom. The summed E-state index contributed by atoms with van der Waals surface area (Å²) in [4.78, 5) is 0. The second kappa shape index (κ2) is 6.72. The molecule has 1 saturated carbocycles. The predicted octanol–water partition coefficient (Wildman–Crippen LogP) is 2.87. The summed E-state index contributed by atoms with van der Waals surface area (Å²) in [6.07, 6.45) is 5.56. The summed E-state index contributed by atoms with van der Waals surface area (Å²) in [5.41, 5.74) is 1.10. The minimum Gasteiger partial charge on any atom is -0.377 e. The highest BCUT2D eigenvalue weighted by Gasteiger charge is 2.14. The van der Waals surface area contributed by atoms with E-state index >= 15 is 0 Å². The summed E-state index contributed by atoms with van der Waals surface area (Å²) in [6, 6.07) is 6.60. The van der Waals surface area contributed by atoms with Crippen molar-refractivity contribution in [2.24, 2.45) is 0 Å². The second-order valence-electron chi connectivity index (χ2n) is 4.58. The third-order valence-electron chi connectivity index (χ3n) is 3.18. The Morgan fingerprint density at radius 1 is 1.18 bits per heavy atom. The highest BCUT2D eigenvalue weighted by Crippen LogP contribution is 2.20. The van der Waals surface area contributed by atoms with Crippen molar-refractivity contribution in [1.29, 1.82) is 0 Å². The Morgan fingerprint density at radius 2 is 1.88 bits per heavy atom. The molecule has 1 aliphatic carbocycles. The van der Waals surface area contributed by atoms with E-state index in [0.29, 0.717) is 6.10 Å². The molecule has 1 aromatic rings. The summed E-state index contributed by atoms with van der Waals surface area (Å²) in [5, 5.41) is 3.30. The van der Waals surface area contributed by atoms with Gasteiger partial charge in [0.2, 0.25) is 0 Å². The average molecular weight is 237 g/mol. The van der Waals surface area contributed by atoms with Gasteiger partial charge in [-0.25, -0.2) is 4.39 Å². The van der Waals surface area contributed by atoms with Crippen LogP contribution in [0.2, 0.25) is 0 Å². The van der Waals surface area contributed by atoms with Crippen molar-refractivity contribution in [3.05, 3.63) is 35.6 Å². The molecule has 0 atom stereocenters. The lowest BCUT2D eigenvalue weighted by Gasteiger charge is -2.11. The van der Waals surface area contributed by atoms with Crippen molar-refractivity contribution in [3.63, 3.8) is 0 Å². The molecule has 1 aromatic carbocycles. The van der Waals surface area contributed by atoms with Gasteiger partial charge in [0, 0.05) is 13.1 Å². The summed E-state index contributed by atoms with van der Waals surface area (Å²) < 4.78 is 18.4. The van der Waals surface area contributed by atoms with Crippen molar-refractivity contribution in [2.75, 3.05) is 13.2 Å². The van der Waals surface area contributed by atoms with Gasteiger partial charge in [-0.3, -0.25) is 0 Å². The van der Waals surface area contributed by atoms with E-state index in [4.69, 9.17) is 4.74 Å². The molecular weight excluding hydrogens is 217 g/mol. The van der Waals surface area contributed by atoms with Gasteiger partial charge < -0.3 is 10.1 Å². The van der Waals surface area contributed by atoms with Crippen LogP contribution in [0.1, 0.15) is 31.2 Å². The Bertz CT molecular complexity index is 319. The summed E-state index contributed by atoms with van der Waals surface area (Å²) in [6.45, 7) is 2.40. The maximum absolute atomic E-state index is 12.7. The van der Waals surface area contributed by atoms with Gasteiger partial charge in [0.1, 0.15) is 5.82 Å². The van der Waals surface area contributed by atoms with Crippen molar-refractivity contribution >= 4 is 0 Å². The van der Waals surface area contributed by atoms with Gasteiger partial charge in [-0.1, -0.05) is 25.0 Å². The molecule has 1 aliphatic rings. The number of benzene rings is 1. The van der Waals surface area contributed by atoms with Crippen LogP contribution in [0.15, 0.2) is 24.3 Å². The first kappa shape index (κ1) is 12.5. The van der Waals surface area contributed by atoms with Gasteiger partial charge in [0.25, 0.3) is 0 Å². The third kappa shape index (κ3) is 4.44. The van der Waals surface area contributed by atoms with Crippen LogP contribution < -0.4 is 5.32 Å². The molecule has 2 rings (SSSR count). The van der Waals surface area contributed by atoms with E-state index in [1.165, 1.54) is 37.8 Å². The van der Waals surface area contributed by atoms with Crippen LogP contribution in [-0.4, -0.2) is 19.3 Å². The predicted molar refractivity (Wildman–Crippen MR) is 66.3 cm³/mol. The summed E-state index contributed by atoms with van der Waals surface area (Å²) in [5.74, 6) is -0.182. The van der Waals surface area contributed by atoms with Gasteiger partial charge >= 0.3 is 0 Å². The topological polar surface area (TPSA) is 21.3 Å². The fourth-order valence-electron chi connectivity index (χ4n) is 2.19. The van der Waals surface area contributed by atoms with Crippen molar-refractivity contribution in [2.45, 2.75) is 38.3 Å². The number of hydrogen-bond acceptors (Lipinski definition) is 2. The number of hydrogen-bond donors (Lipinski definition) is 1. The highest BCUT2D eigenvalue weighted by molar-refractivity contribution is 5.15. The van der Waals surface area contributed by atoms with Crippen LogP contribution in [-0.2, 0) is 11.3 Å². The largest absolute Gasteiger partial charge is 0.377 e. The Kier molecular flexibility index (Phi) is 4.95. The molecule has 2 nitrogen and oxygen atoms in total. The number of ether oxygens (including phenoxy) is 1. The average Bonchev–Trinajstić information content (AvgIpc) is 2.84. The van der Waals surface area contributed by atoms with Crippen LogP contribution in [0.4, 0.5) is 4.39 Å². The number of halogens is 1. The van der Waals surface area contributed by atoms with Gasteiger partial charge in [-0.15, -0.1) is 0 Å². The number of nitrogens with one attached hydrogen (secondary N) is 1. The first-order valence-electron chi connectivity index (χ1n) is 6.41. The Balaban J connectivity index is 1.55. The highest BCUT2D eigenvalue weighted by atomic mass is 19.1. The van der Waals surface area contributed by atoms with E-state index in [1.54, 1.807) is 12.1 Å². The molecule has 0 aliphatic heterocycles. The molecule has 0 bridgehead atoms. The zero-order valence-corrected chi connectivity index (χ0v) is 10.1. The minimum absolute atomic E-state index is 0.182. The molecule has 0 spiro atoms. The third-order valence-corrected chi connectivity index (χ3v) is 3.18. The van der Waals surface area contributed by atoms with E-state index in [9.17, 15) is 4.39 Å². The first-order valence-corrected chi connectivity index (χ1v) is 6.41. The van der Waals surface area contributed by atoms with Gasteiger partial charge in [-0.05, 0) is 30.5 Å². The smallest absolute Gasteiger partial charge is 0.123 e. The van der Waals surface area contributed by atoms with E-state index < -0.39 is 0 Å². The van der Waals surface area contributed by atoms with Crippen LogP contribution in [0.5, 0.6) is 0 Å². The molecule has 1 fully saturated rings. The first-order chi connectivity index (χ1) is 8.34. The van der Waals surface area contributed by atoms with Gasteiger partial charge in [0.15, 0.2) is 0 Å². The Hall–Kier alpha value is -0.930. The number of rotatable bonds is 6. The Labute approximate surface area is 102 Å². The maximum Gasteiger partial charge on any atom is 0.123 e. The molecule has 1 N–H and O–H groups in total. The zero-order valence-electron chi connectivity index (χ0n) is 10.1. The summed E-state index contributed by atoms with van der Waals surface area (Å²) >= 11 is 0. The van der Waals surface area contributed by atoms with E-state index in [1.807, 2.05) is 0 Å². The lowest BCUT2D eigenvalue weighted by molar-refractivity contribution is 0.0603. The standard InChI is InChI=1S/C14H20FNO/c15-13-7-5-12(6-8-13)11-16-9-10-17-14-3-1-2-4-14/h5-8,14,16H,1-4,9-11H2. The molecule has 0 saturated heterocycles. The van der Waals surface area contributed by atoms with Crippen LogP contribution >= 0.6 is 0 Å². The molecule has 17 heavy (non-hydrogen) atoms. The molecule has 0 heterocycles.